The Morgan fingerprint density at radius 2 is 1.89 bits per heavy atom. The summed E-state index contributed by atoms with van der Waals surface area (Å²) in [5.74, 6) is -0.854. The summed E-state index contributed by atoms with van der Waals surface area (Å²) in [5.41, 5.74) is -0.0645. The number of halogens is 3. The lowest BCUT2D eigenvalue weighted by Gasteiger charge is -2.17. The second-order valence-electron chi connectivity index (χ2n) is 3.77. The predicted octanol–water partition coefficient (Wildman–Crippen LogP) is 3.91. The third-order valence-electron chi connectivity index (χ3n) is 2.58. The van der Waals surface area contributed by atoms with Gasteiger partial charge in [-0.05, 0) is 42.4 Å². The minimum absolute atomic E-state index is 0.0645. The Morgan fingerprint density at radius 1 is 1.22 bits per heavy atom. The van der Waals surface area contributed by atoms with Crippen LogP contribution in [-0.4, -0.2) is 6.54 Å². The topological polar surface area (TPSA) is 25.2 Å². The smallest absolute Gasteiger partial charge is 0.193 e. The SMILES string of the molecule is CCNC(c1ccc(Cl)o1)c1c(F)cccc1F. The lowest BCUT2D eigenvalue weighted by atomic mass is 10.0. The van der Waals surface area contributed by atoms with Crippen molar-refractivity contribution >= 4 is 11.6 Å². The maximum Gasteiger partial charge on any atom is 0.193 e. The Morgan fingerprint density at radius 3 is 2.39 bits per heavy atom. The third kappa shape index (κ3) is 2.54. The van der Waals surface area contributed by atoms with Crippen molar-refractivity contribution in [2.75, 3.05) is 6.54 Å². The van der Waals surface area contributed by atoms with Gasteiger partial charge in [-0.1, -0.05) is 13.0 Å². The van der Waals surface area contributed by atoms with Crippen LogP contribution >= 0.6 is 11.6 Å². The molecule has 0 amide bonds. The molecule has 1 heterocycles. The molecule has 2 nitrogen and oxygen atoms in total. The van der Waals surface area contributed by atoms with Gasteiger partial charge in [0.1, 0.15) is 17.4 Å². The van der Waals surface area contributed by atoms with E-state index in [0.29, 0.717) is 12.3 Å². The second-order valence-corrected chi connectivity index (χ2v) is 4.14. The highest BCUT2D eigenvalue weighted by Crippen LogP contribution is 2.29. The van der Waals surface area contributed by atoms with Gasteiger partial charge in [0.05, 0.1) is 6.04 Å². The Labute approximate surface area is 109 Å². The summed E-state index contributed by atoms with van der Waals surface area (Å²) in [6.07, 6.45) is 0. The minimum atomic E-state index is -0.691. The predicted molar refractivity (Wildman–Crippen MR) is 65.6 cm³/mol. The molecule has 0 radical (unpaired) electrons. The summed E-state index contributed by atoms with van der Waals surface area (Å²) in [6, 6.07) is 6.21. The largest absolute Gasteiger partial charge is 0.448 e. The molecule has 2 rings (SSSR count). The van der Waals surface area contributed by atoms with Crippen LogP contribution in [0.4, 0.5) is 8.78 Å². The van der Waals surface area contributed by atoms with E-state index in [1.54, 1.807) is 12.1 Å². The van der Waals surface area contributed by atoms with Crippen LogP contribution in [0, 0.1) is 11.6 Å². The molecule has 1 aromatic carbocycles. The van der Waals surface area contributed by atoms with Crippen molar-refractivity contribution in [1.29, 1.82) is 0 Å². The van der Waals surface area contributed by atoms with Gasteiger partial charge in [-0.15, -0.1) is 0 Å². The van der Waals surface area contributed by atoms with Crippen LogP contribution in [0.1, 0.15) is 24.3 Å². The van der Waals surface area contributed by atoms with E-state index < -0.39 is 17.7 Å². The summed E-state index contributed by atoms with van der Waals surface area (Å²) in [6.45, 7) is 2.38. The zero-order chi connectivity index (χ0) is 13.1. The fraction of sp³-hybridized carbons (Fsp3) is 0.231. The molecule has 96 valence electrons. The van der Waals surface area contributed by atoms with Gasteiger partial charge < -0.3 is 9.73 Å². The number of hydrogen-bond acceptors (Lipinski definition) is 2. The monoisotopic (exact) mass is 271 g/mol. The van der Waals surface area contributed by atoms with Crippen LogP contribution in [0.15, 0.2) is 34.7 Å². The molecule has 0 spiro atoms. The van der Waals surface area contributed by atoms with Gasteiger partial charge in [0.2, 0.25) is 0 Å². The maximum atomic E-state index is 13.8. The number of hydrogen-bond donors (Lipinski definition) is 1. The summed E-state index contributed by atoms with van der Waals surface area (Å²) in [4.78, 5) is 0. The molecule has 0 saturated heterocycles. The van der Waals surface area contributed by atoms with Gasteiger partial charge in [-0.25, -0.2) is 8.78 Å². The van der Waals surface area contributed by atoms with Crippen molar-refractivity contribution in [3.05, 3.63) is 58.5 Å². The van der Waals surface area contributed by atoms with Crippen LogP contribution < -0.4 is 5.32 Å². The van der Waals surface area contributed by atoms with Gasteiger partial charge in [0, 0.05) is 5.56 Å². The van der Waals surface area contributed by atoms with Gasteiger partial charge >= 0.3 is 0 Å². The fourth-order valence-corrected chi connectivity index (χ4v) is 1.97. The molecule has 1 atom stereocenters. The fourth-order valence-electron chi connectivity index (χ4n) is 1.82. The van der Waals surface area contributed by atoms with Crippen LogP contribution in [0.5, 0.6) is 0 Å². The molecular weight excluding hydrogens is 260 g/mol. The average Bonchev–Trinajstić information content (AvgIpc) is 2.74. The highest BCUT2D eigenvalue weighted by Gasteiger charge is 2.23. The van der Waals surface area contributed by atoms with Crippen molar-refractivity contribution in [3.63, 3.8) is 0 Å². The van der Waals surface area contributed by atoms with E-state index in [2.05, 4.69) is 5.32 Å². The van der Waals surface area contributed by atoms with E-state index in [9.17, 15) is 8.78 Å². The van der Waals surface area contributed by atoms with E-state index in [1.165, 1.54) is 18.2 Å². The van der Waals surface area contributed by atoms with Crippen molar-refractivity contribution in [1.82, 2.24) is 5.32 Å². The van der Waals surface area contributed by atoms with Crippen LogP contribution in [0.25, 0.3) is 0 Å². The van der Waals surface area contributed by atoms with Crippen molar-refractivity contribution in [2.45, 2.75) is 13.0 Å². The first kappa shape index (κ1) is 13.1. The standard InChI is InChI=1S/C13H12ClF2NO/c1-2-17-13(10-6-7-11(14)18-10)12-8(15)4-3-5-9(12)16/h3-7,13,17H,2H2,1H3. The minimum Gasteiger partial charge on any atom is -0.448 e. The van der Waals surface area contributed by atoms with Crippen molar-refractivity contribution in [2.24, 2.45) is 0 Å². The summed E-state index contributed by atoms with van der Waals surface area (Å²) < 4.78 is 32.8. The van der Waals surface area contributed by atoms with E-state index in [4.69, 9.17) is 16.0 Å². The Balaban J connectivity index is 2.47. The molecule has 0 aliphatic carbocycles. The van der Waals surface area contributed by atoms with E-state index in [-0.39, 0.29) is 10.8 Å². The Bertz CT molecular complexity index is 521. The molecule has 1 N–H and O–H groups in total. The van der Waals surface area contributed by atoms with Gasteiger partial charge in [-0.3, -0.25) is 0 Å². The molecule has 0 fully saturated rings. The summed E-state index contributed by atoms with van der Waals surface area (Å²) >= 11 is 5.69. The lowest BCUT2D eigenvalue weighted by molar-refractivity contribution is 0.428. The summed E-state index contributed by atoms with van der Waals surface area (Å²) in [5, 5.41) is 3.16. The Kier molecular flexibility index (Phi) is 3.99. The van der Waals surface area contributed by atoms with E-state index in [1.807, 2.05) is 6.92 Å². The molecular formula is C13H12ClF2NO. The highest BCUT2D eigenvalue weighted by atomic mass is 35.5. The lowest BCUT2D eigenvalue weighted by Crippen LogP contribution is -2.23. The average molecular weight is 272 g/mol. The van der Waals surface area contributed by atoms with E-state index in [0.717, 1.165) is 0 Å². The van der Waals surface area contributed by atoms with Gasteiger partial charge in [0.25, 0.3) is 0 Å². The van der Waals surface area contributed by atoms with E-state index >= 15 is 0 Å². The Hall–Kier alpha value is -1.39. The normalized spacial score (nSPS) is 12.7. The van der Waals surface area contributed by atoms with Gasteiger partial charge in [-0.2, -0.15) is 0 Å². The first-order chi connectivity index (χ1) is 8.63. The summed E-state index contributed by atoms with van der Waals surface area (Å²) in [7, 11) is 0. The van der Waals surface area contributed by atoms with Crippen molar-refractivity contribution in [3.8, 4) is 0 Å². The molecule has 0 aliphatic rings. The first-order valence-electron chi connectivity index (χ1n) is 5.56. The molecule has 0 bridgehead atoms. The highest BCUT2D eigenvalue weighted by molar-refractivity contribution is 6.28. The quantitative estimate of drug-likeness (QED) is 0.912. The van der Waals surface area contributed by atoms with Crippen molar-refractivity contribution < 1.29 is 13.2 Å². The third-order valence-corrected chi connectivity index (χ3v) is 2.78. The number of nitrogens with one attached hydrogen (secondary N) is 1. The zero-order valence-electron chi connectivity index (χ0n) is 9.71. The molecule has 2 aromatic rings. The molecule has 1 aromatic heterocycles. The molecule has 18 heavy (non-hydrogen) atoms. The molecule has 0 saturated carbocycles. The maximum absolute atomic E-state index is 13.8. The zero-order valence-corrected chi connectivity index (χ0v) is 10.5. The van der Waals surface area contributed by atoms with Crippen LogP contribution in [-0.2, 0) is 0 Å². The van der Waals surface area contributed by atoms with Crippen LogP contribution in [0.2, 0.25) is 5.22 Å². The first-order valence-corrected chi connectivity index (χ1v) is 5.93. The van der Waals surface area contributed by atoms with Gasteiger partial charge in [0.15, 0.2) is 5.22 Å². The number of benzene rings is 1. The number of furan rings is 1. The van der Waals surface area contributed by atoms with Crippen LogP contribution in [0.3, 0.4) is 0 Å². The molecule has 5 heteroatoms. The second kappa shape index (κ2) is 5.50. The molecule has 1 unspecified atom stereocenters. The molecule has 0 aliphatic heterocycles. The number of rotatable bonds is 4.